The number of benzene rings is 1. The van der Waals surface area contributed by atoms with Crippen LogP contribution in [0.2, 0.25) is 0 Å². The van der Waals surface area contributed by atoms with Crippen LogP contribution < -0.4 is 5.32 Å². The summed E-state index contributed by atoms with van der Waals surface area (Å²) in [6, 6.07) is 4.02. The molecule has 0 radical (unpaired) electrons. The Balaban J connectivity index is 2.21. The number of ether oxygens (including phenoxy) is 1. The highest BCUT2D eigenvalue weighted by Crippen LogP contribution is 2.35. The highest BCUT2D eigenvalue weighted by molar-refractivity contribution is 5.21. The van der Waals surface area contributed by atoms with E-state index >= 15 is 0 Å². The van der Waals surface area contributed by atoms with Gasteiger partial charge in [0, 0.05) is 17.5 Å². The standard InChI is InChI=1S/C16H23F2NO/c1-9-10(2)20-11(3)16(9)15(19-4)8-12-13(17)6-5-7-14(12)18/h5-7,9-11,15-16,19H,8H2,1-4H3. The summed E-state index contributed by atoms with van der Waals surface area (Å²) in [7, 11) is 1.84. The van der Waals surface area contributed by atoms with Crippen molar-refractivity contribution in [2.45, 2.75) is 45.4 Å². The second kappa shape index (κ2) is 6.19. The number of likely N-dealkylation sites (N-methyl/N-ethyl adjacent to an activating group) is 1. The molecule has 5 atom stereocenters. The minimum atomic E-state index is -0.475. The Kier molecular flexibility index (Phi) is 4.76. The number of rotatable bonds is 4. The molecule has 1 aromatic rings. The van der Waals surface area contributed by atoms with E-state index in [2.05, 4.69) is 19.2 Å². The Morgan fingerprint density at radius 3 is 2.20 bits per heavy atom. The Morgan fingerprint density at radius 2 is 1.75 bits per heavy atom. The molecular weight excluding hydrogens is 260 g/mol. The van der Waals surface area contributed by atoms with Crippen LogP contribution in [0.5, 0.6) is 0 Å². The summed E-state index contributed by atoms with van der Waals surface area (Å²) in [6.07, 6.45) is 0.605. The van der Waals surface area contributed by atoms with Gasteiger partial charge >= 0.3 is 0 Å². The maximum atomic E-state index is 13.8. The van der Waals surface area contributed by atoms with Crippen molar-refractivity contribution >= 4 is 0 Å². The van der Waals surface area contributed by atoms with Crippen molar-refractivity contribution in [1.82, 2.24) is 5.32 Å². The number of hydrogen-bond donors (Lipinski definition) is 1. The lowest BCUT2D eigenvalue weighted by molar-refractivity contribution is 0.0478. The highest BCUT2D eigenvalue weighted by Gasteiger charge is 2.41. The average Bonchev–Trinajstić information content (AvgIpc) is 2.64. The molecule has 2 nitrogen and oxygen atoms in total. The molecule has 1 heterocycles. The van der Waals surface area contributed by atoms with Crippen LogP contribution in [-0.4, -0.2) is 25.3 Å². The van der Waals surface area contributed by atoms with Gasteiger partial charge in [-0.15, -0.1) is 0 Å². The molecule has 1 saturated heterocycles. The van der Waals surface area contributed by atoms with Crippen molar-refractivity contribution in [2.24, 2.45) is 11.8 Å². The van der Waals surface area contributed by atoms with Crippen molar-refractivity contribution in [2.75, 3.05) is 7.05 Å². The number of hydrogen-bond acceptors (Lipinski definition) is 2. The van der Waals surface area contributed by atoms with Crippen LogP contribution in [0.25, 0.3) is 0 Å². The third-order valence-electron chi connectivity index (χ3n) is 4.64. The second-order valence-corrected chi connectivity index (χ2v) is 5.78. The number of nitrogens with one attached hydrogen (secondary N) is 1. The van der Waals surface area contributed by atoms with E-state index in [4.69, 9.17) is 4.74 Å². The van der Waals surface area contributed by atoms with Gasteiger partial charge in [-0.2, -0.15) is 0 Å². The molecule has 112 valence electrons. The number of halogens is 2. The first-order valence-corrected chi connectivity index (χ1v) is 7.21. The van der Waals surface area contributed by atoms with Gasteiger partial charge in [-0.3, -0.25) is 0 Å². The predicted molar refractivity (Wildman–Crippen MR) is 75.6 cm³/mol. The van der Waals surface area contributed by atoms with Crippen LogP contribution in [0.4, 0.5) is 8.78 Å². The van der Waals surface area contributed by atoms with E-state index < -0.39 is 11.6 Å². The third-order valence-corrected chi connectivity index (χ3v) is 4.64. The van der Waals surface area contributed by atoms with Crippen LogP contribution >= 0.6 is 0 Å². The average molecular weight is 283 g/mol. The lowest BCUT2D eigenvalue weighted by atomic mass is 9.81. The van der Waals surface area contributed by atoms with E-state index in [-0.39, 0.29) is 29.7 Å². The van der Waals surface area contributed by atoms with E-state index in [1.165, 1.54) is 18.2 Å². The van der Waals surface area contributed by atoms with E-state index in [0.717, 1.165) is 0 Å². The molecule has 4 heteroatoms. The molecule has 1 aliphatic heterocycles. The summed E-state index contributed by atoms with van der Waals surface area (Å²) in [5.74, 6) is -0.346. The molecule has 2 rings (SSSR count). The van der Waals surface area contributed by atoms with Gasteiger partial charge in [0.05, 0.1) is 12.2 Å². The van der Waals surface area contributed by atoms with E-state index in [1.54, 1.807) is 0 Å². The fourth-order valence-electron chi connectivity index (χ4n) is 3.37. The summed E-state index contributed by atoms with van der Waals surface area (Å²) in [4.78, 5) is 0. The maximum Gasteiger partial charge on any atom is 0.129 e. The zero-order valence-electron chi connectivity index (χ0n) is 12.5. The third kappa shape index (κ3) is 2.86. The molecule has 1 aromatic carbocycles. The Morgan fingerprint density at radius 1 is 1.15 bits per heavy atom. The van der Waals surface area contributed by atoms with Gasteiger partial charge in [-0.25, -0.2) is 8.78 Å². The fraction of sp³-hybridized carbons (Fsp3) is 0.625. The smallest absolute Gasteiger partial charge is 0.129 e. The first kappa shape index (κ1) is 15.4. The molecule has 0 spiro atoms. The summed E-state index contributed by atoms with van der Waals surface area (Å²) < 4.78 is 33.5. The normalized spacial score (nSPS) is 31.5. The maximum absolute atomic E-state index is 13.8. The molecule has 0 aliphatic carbocycles. The predicted octanol–water partition coefficient (Wildman–Crippen LogP) is 3.15. The minimum Gasteiger partial charge on any atom is -0.375 e. The van der Waals surface area contributed by atoms with E-state index in [0.29, 0.717) is 12.3 Å². The minimum absolute atomic E-state index is 0.00338. The molecule has 20 heavy (non-hydrogen) atoms. The quantitative estimate of drug-likeness (QED) is 0.916. The van der Waals surface area contributed by atoms with E-state index in [1.807, 2.05) is 14.0 Å². The first-order valence-electron chi connectivity index (χ1n) is 7.21. The van der Waals surface area contributed by atoms with Crippen LogP contribution in [0.1, 0.15) is 26.3 Å². The lowest BCUT2D eigenvalue weighted by Crippen LogP contribution is -2.42. The summed E-state index contributed by atoms with van der Waals surface area (Å²) >= 11 is 0. The molecule has 1 aliphatic rings. The van der Waals surface area contributed by atoms with Gasteiger partial charge in [0.2, 0.25) is 0 Å². The zero-order valence-corrected chi connectivity index (χ0v) is 12.5. The second-order valence-electron chi connectivity index (χ2n) is 5.78. The van der Waals surface area contributed by atoms with Crippen molar-refractivity contribution in [3.8, 4) is 0 Å². The monoisotopic (exact) mass is 283 g/mol. The van der Waals surface area contributed by atoms with Crippen LogP contribution in [-0.2, 0) is 11.2 Å². The highest BCUT2D eigenvalue weighted by atomic mass is 19.1. The topological polar surface area (TPSA) is 21.3 Å². The molecule has 0 amide bonds. The van der Waals surface area contributed by atoms with E-state index in [9.17, 15) is 8.78 Å². The molecule has 1 fully saturated rings. The van der Waals surface area contributed by atoms with Crippen molar-refractivity contribution in [1.29, 1.82) is 0 Å². The Hall–Kier alpha value is -1.00. The largest absolute Gasteiger partial charge is 0.375 e. The summed E-state index contributed by atoms with van der Waals surface area (Å²) in [5, 5.41) is 3.21. The van der Waals surface area contributed by atoms with Crippen molar-refractivity contribution < 1.29 is 13.5 Å². The van der Waals surface area contributed by atoms with Gasteiger partial charge in [0.25, 0.3) is 0 Å². The molecule has 0 aromatic heterocycles. The Bertz CT molecular complexity index is 446. The lowest BCUT2D eigenvalue weighted by Gasteiger charge is -2.29. The van der Waals surface area contributed by atoms with Crippen LogP contribution in [0.3, 0.4) is 0 Å². The van der Waals surface area contributed by atoms with Gasteiger partial charge in [0.15, 0.2) is 0 Å². The van der Waals surface area contributed by atoms with Gasteiger partial charge in [-0.1, -0.05) is 13.0 Å². The first-order chi connectivity index (χ1) is 9.45. The van der Waals surface area contributed by atoms with Gasteiger partial charge in [-0.05, 0) is 45.4 Å². The van der Waals surface area contributed by atoms with Gasteiger partial charge in [0.1, 0.15) is 11.6 Å². The molecule has 0 bridgehead atoms. The van der Waals surface area contributed by atoms with Gasteiger partial charge < -0.3 is 10.1 Å². The van der Waals surface area contributed by atoms with Crippen LogP contribution in [0, 0.1) is 23.5 Å². The summed E-state index contributed by atoms with van der Waals surface area (Å²) in [6.45, 7) is 6.23. The molecule has 0 saturated carbocycles. The summed E-state index contributed by atoms with van der Waals surface area (Å²) in [5.41, 5.74) is 0.158. The molecular formula is C16H23F2NO. The van der Waals surface area contributed by atoms with Crippen molar-refractivity contribution in [3.63, 3.8) is 0 Å². The van der Waals surface area contributed by atoms with Crippen LogP contribution in [0.15, 0.2) is 18.2 Å². The fourth-order valence-corrected chi connectivity index (χ4v) is 3.37. The van der Waals surface area contributed by atoms with Crippen molar-refractivity contribution in [3.05, 3.63) is 35.4 Å². The molecule has 5 unspecified atom stereocenters. The SMILES string of the molecule is CNC(Cc1c(F)cccc1F)C1C(C)OC(C)C1C. The Labute approximate surface area is 119 Å². The molecule has 1 N–H and O–H groups in total. The zero-order chi connectivity index (χ0) is 14.9.